The van der Waals surface area contributed by atoms with Gasteiger partial charge in [-0.1, -0.05) is 31.0 Å². The maximum atomic E-state index is 6.26. The van der Waals surface area contributed by atoms with Crippen LogP contribution < -0.4 is 10.2 Å². The van der Waals surface area contributed by atoms with Crippen LogP contribution in [0.2, 0.25) is 5.02 Å². The Morgan fingerprint density at radius 1 is 1.29 bits per heavy atom. The second-order valence-corrected chi connectivity index (χ2v) is 7.59. The molecule has 0 spiro atoms. The molecule has 1 aliphatic rings. The van der Waals surface area contributed by atoms with Crippen molar-refractivity contribution in [3.63, 3.8) is 0 Å². The smallest absolute Gasteiger partial charge is 0.0429 e. The molecule has 1 N–H and O–H groups in total. The van der Waals surface area contributed by atoms with Gasteiger partial charge in [-0.3, -0.25) is 0 Å². The summed E-state index contributed by atoms with van der Waals surface area (Å²) in [6, 6.07) is 7.06. The maximum absolute atomic E-state index is 6.26. The second-order valence-electron chi connectivity index (χ2n) is 7.15. The third-order valence-electron chi connectivity index (χ3n) is 3.91. The van der Waals surface area contributed by atoms with Crippen LogP contribution in [0.3, 0.4) is 0 Å². The van der Waals surface area contributed by atoms with Crippen molar-refractivity contribution < 1.29 is 0 Å². The molecule has 0 atom stereocenters. The van der Waals surface area contributed by atoms with E-state index in [4.69, 9.17) is 11.6 Å². The van der Waals surface area contributed by atoms with Crippen molar-refractivity contribution in [1.82, 2.24) is 5.32 Å². The summed E-state index contributed by atoms with van der Waals surface area (Å²) in [7, 11) is 0. The molecular formula is C18H29ClN2. The van der Waals surface area contributed by atoms with Crippen LogP contribution in [-0.2, 0) is 6.54 Å². The van der Waals surface area contributed by atoms with Gasteiger partial charge in [0.05, 0.1) is 0 Å². The van der Waals surface area contributed by atoms with Crippen LogP contribution in [0.4, 0.5) is 5.69 Å². The van der Waals surface area contributed by atoms with Gasteiger partial charge in [0, 0.05) is 35.4 Å². The first-order valence-corrected chi connectivity index (χ1v) is 8.58. The predicted octanol–water partition coefficient (Wildman–Crippen LogP) is 5.00. The fourth-order valence-corrected chi connectivity index (χ4v) is 2.69. The summed E-state index contributed by atoms with van der Waals surface area (Å²) < 4.78 is 0. The summed E-state index contributed by atoms with van der Waals surface area (Å²) in [5.41, 5.74) is 2.82. The average Bonchev–Trinajstić information content (AvgIpc) is 3.22. The van der Waals surface area contributed by atoms with Gasteiger partial charge in [0.25, 0.3) is 0 Å². The van der Waals surface area contributed by atoms with Crippen molar-refractivity contribution in [2.75, 3.05) is 11.4 Å². The van der Waals surface area contributed by atoms with E-state index in [9.17, 15) is 0 Å². The van der Waals surface area contributed by atoms with Gasteiger partial charge in [-0.05, 0) is 57.7 Å². The molecule has 3 heteroatoms. The van der Waals surface area contributed by atoms with Gasteiger partial charge < -0.3 is 10.2 Å². The molecular weight excluding hydrogens is 280 g/mol. The van der Waals surface area contributed by atoms with Crippen molar-refractivity contribution in [3.8, 4) is 0 Å². The van der Waals surface area contributed by atoms with E-state index in [0.29, 0.717) is 0 Å². The fraction of sp³-hybridized carbons (Fsp3) is 0.667. The van der Waals surface area contributed by atoms with Crippen LogP contribution in [0.5, 0.6) is 0 Å². The number of hydrogen-bond donors (Lipinski definition) is 1. The standard InChI is InChI=1S/C18H29ClN2/c1-5-6-11-21(16-9-10-16)17-12-15(19)8-7-14(17)13-20-18(2,3)4/h7-8,12,16,20H,5-6,9-11,13H2,1-4H3. The van der Waals surface area contributed by atoms with Crippen molar-refractivity contribution >= 4 is 17.3 Å². The summed E-state index contributed by atoms with van der Waals surface area (Å²) >= 11 is 6.26. The van der Waals surface area contributed by atoms with E-state index >= 15 is 0 Å². The van der Waals surface area contributed by atoms with Crippen molar-refractivity contribution in [2.24, 2.45) is 0 Å². The molecule has 0 radical (unpaired) electrons. The van der Waals surface area contributed by atoms with Crippen LogP contribution in [0.15, 0.2) is 18.2 Å². The average molecular weight is 309 g/mol. The Hall–Kier alpha value is -0.730. The third kappa shape index (κ3) is 5.19. The molecule has 2 rings (SSSR count). The molecule has 1 fully saturated rings. The Balaban J connectivity index is 2.20. The molecule has 0 unspecified atom stereocenters. The largest absolute Gasteiger partial charge is 0.368 e. The zero-order chi connectivity index (χ0) is 15.5. The highest BCUT2D eigenvalue weighted by molar-refractivity contribution is 6.30. The van der Waals surface area contributed by atoms with Crippen LogP contribution in [0.25, 0.3) is 0 Å². The van der Waals surface area contributed by atoms with E-state index in [1.54, 1.807) is 0 Å². The Labute approximate surface area is 134 Å². The van der Waals surface area contributed by atoms with Crippen molar-refractivity contribution in [3.05, 3.63) is 28.8 Å². The molecule has 0 aliphatic heterocycles. The number of unbranched alkanes of at least 4 members (excludes halogenated alkanes) is 1. The lowest BCUT2D eigenvalue weighted by Gasteiger charge is -2.29. The number of halogens is 1. The molecule has 2 nitrogen and oxygen atoms in total. The first kappa shape index (κ1) is 16.6. The second kappa shape index (κ2) is 7.02. The Kier molecular flexibility index (Phi) is 5.56. The molecule has 0 heterocycles. The minimum absolute atomic E-state index is 0.130. The van der Waals surface area contributed by atoms with E-state index in [2.05, 4.69) is 50.0 Å². The van der Waals surface area contributed by atoms with E-state index in [-0.39, 0.29) is 5.54 Å². The normalized spacial score (nSPS) is 15.3. The summed E-state index contributed by atoms with van der Waals surface area (Å²) in [6.45, 7) is 10.9. The maximum Gasteiger partial charge on any atom is 0.0429 e. The van der Waals surface area contributed by atoms with Gasteiger partial charge in [0.1, 0.15) is 0 Å². The predicted molar refractivity (Wildman–Crippen MR) is 93.3 cm³/mol. The van der Waals surface area contributed by atoms with Gasteiger partial charge in [0.2, 0.25) is 0 Å². The van der Waals surface area contributed by atoms with Crippen molar-refractivity contribution in [2.45, 2.75) is 71.5 Å². The van der Waals surface area contributed by atoms with Gasteiger partial charge in [-0.25, -0.2) is 0 Å². The summed E-state index contributed by atoms with van der Waals surface area (Å²) in [5.74, 6) is 0. The Bertz CT molecular complexity index is 461. The lowest BCUT2D eigenvalue weighted by atomic mass is 10.1. The number of anilines is 1. The molecule has 0 bridgehead atoms. The molecule has 1 saturated carbocycles. The fourth-order valence-electron chi connectivity index (χ4n) is 2.53. The topological polar surface area (TPSA) is 15.3 Å². The summed E-state index contributed by atoms with van der Waals surface area (Å²) in [5, 5.41) is 4.44. The van der Waals surface area contributed by atoms with Crippen LogP contribution >= 0.6 is 11.6 Å². The monoisotopic (exact) mass is 308 g/mol. The number of nitrogens with one attached hydrogen (secondary N) is 1. The van der Waals surface area contributed by atoms with Crippen molar-refractivity contribution in [1.29, 1.82) is 0 Å². The highest BCUT2D eigenvalue weighted by Crippen LogP contribution is 2.35. The quantitative estimate of drug-likeness (QED) is 0.762. The minimum Gasteiger partial charge on any atom is -0.368 e. The molecule has 21 heavy (non-hydrogen) atoms. The molecule has 1 aliphatic carbocycles. The van der Waals surface area contributed by atoms with Gasteiger partial charge in [-0.2, -0.15) is 0 Å². The highest BCUT2D eigenvalue weighted by Gasteiger charge is 2.30. The molecule has 118 valence electrons. The Morgan fingerprint density at radius 2 is 2.00 bits per heavy atom. The number of hydrogen-bond acceptors (Lipinski definition) is 2. The number of nitrogens with zero attached hydrogens (tertiary/aromatic N) is 1. The molecule has 0 amide bonds. The number of benzene rings is 1. The zero-order valence-corrected chi connectivity index (χ0v) is 14.6. The summed E-state index contributed by atoms with van der Waals surface area (Å²) in [6.07, 6.45) is 5.12. The molecule has 0 aromatic heterocycles. The van der Waals surface area contributed by atoms with Gasteiger partial charge in [0.15, 0.2) is 0 Å². The first-order valence-electron chi connectivity index (χ1n) is 8.21. The lowest BCUT2D eigenvalue weighted by Crippen LogP contribution is -2.36. The SMILES string of the molecule is CCCCN(c1cc(Cl)ccc1CNC(C)(C)C)C1CC1. The summed E-state index contributed by atoms with van der Waals surface area (Å²) in [4.78, 5) is 2.58. The molecule has 0 saturated heterocycles. The Morgan fingerprint density at radius 3 is 2.57 bits per heavy atom. The number of rotatable bonds is 7. The van der Waals surface area contributed by atoms with E-state index < -0.39 is 0 Å². The van der Waals surface area contributed by atoms with E-state index in [1.165, 1.54) is 36.9 Å². The lowest BCUT2D eigenvalue weighted by molar-refractivity contribution is 0.424. The highest BCUT2D eigenvalue weighted by atomic mass is 35.5. The molecule has 1 aromatic rings. The first-order chi connectivity index (χ1) is 9.90. The van der Waals surface area contributed by atoms with Gasteiger partial charge >= 0.3 is 0 Å². The van der Waals surface area contributed by atoms with Crippen LogP contribution in [-0.4, -0.2) is 18.1 Å². The van der Waals surface area contributed by atoms with E-state index in [0.717, 1.165) is 24.2 Å². The van der Waals surface area contributed by atoms with E-state index in [1.807, 2.05) is 6.07 Å². The van der Waals surface area contributed by atoms with Crippen LogP contribution in [0.1, 0.15) is 58.9 Å². The zero-order valence-electron chi connectivity index (χ0n) is 13.9. The van der Waals surface area contributed by atoms with Gasteiger partial charge in [-0.15, -0.1) is 0 Å². The molecule has 1 aromatic carbocycles. The van der Waals surface area contributed by atoms with Crippen LogP contribution in [0, 0.1) is 0 Å². The third-order valence-corrected chi connectivity index (χ3v) is 4.14. The minimum atomic E-state index is 0.130.